The second kappa shape index (κ2) is 5.34. The molecule has 0 aromatic heterocycles. The van der Waals surface area contributed by atoms with Gasteiger partial charge in [-0.1, -0.05) is 45.4 Å². The van der Waals surface area contributed by atoms with E-state index < -0.39 is 0 Å². The lowest BCUT2D eigenvalue weighted by atomic mass is 9.81. The van der Waals surface area contributed by atoms with Crippen LogP contribution in [0.15, 0.2) is 0 Å². The fraction of sp³-hybridized carbons (Fsp3) is 1.00. The normalized spacial score (nSPS) is 34.2. The topological polar surface area (TPSA) is 12.0 Å². The highest BCUT2D eigenvalue weighted by Gasteiger charge is 2.32. The van der Waals surface area contributed by atoms with Crippen LogP contribution in [0.1, 0.15) is 71.1 Å². The Bertz CT molecular complexity index is 174. The van der Waals surface area contributed by atoms with Gasteiger partial charge in [0.15, 0.2) is 0 Å². The van der Waals surface area contributed by atoms with Crippen LogP contribution in [-0.2, 0) is 0 Å². The van der Waals surface area contributed by atoms with Gasteiger partial charge in [0.1, 0.15) is 0 Å². The van der Waals surface area contributed by atoms with Crippen LogP contribution in [-0.4, -0.2) is 12.1 Å². The summed E-state index contributed by atoms with van der Waals surface area (Å²) in [4.78, 5) is 0. The second-order valence-electron chi connectivity index (χ2n) is 5.73. The maximum Gasteiger partial charge on any atom is 0.0181 e. The first-order chi connectivity index (χ1) is 7.35. The van der Waals surface area contributed by atoms with Gasteiger partial charge in [0.2, 0.25) is 0 Å². The summed E-state index contributed by atoms with van der Waals surface area (Å²) in [5, 5.41) is 3.87. The molecule has 2 rings (SSSR count). The number of nitrogens with one attached hydrogen (secondary N) is 1. The summed E-state index contributed by atoms with van der Waals surface area (Å²) >= 11 is 0. The van der Waals surface area contributed by atoms with Gasteiger partial charge in [-0.05, 0) is 38.1 Å². The minimum absolute atomic E-state index is 0.519. The van der Waals surface area contributed by atoms with Crippen LogP contribution in [0, 0.1) is 5.92 Å². The molecule has 1 heteroatoms. The van der Waals surface area contributed by atoms with Gasteiger partial charge in [-0.2, -0.15) is 0 Å². The van der Waals surface area contributed by atoms with E-state index >= 15 is 0 Å². The average molecular weight is 209 g/mol. The summed E-state index contributed by atoms with van der Waals surface area (Å²) in [5.74, 6) is 1.04. The van der Waals surface area contributed by atoms with Crippen molar-refractivity contribution in [3.63, 3.8) is 0 Å². The lowest BCUT2D eigenvalue weighted by Gasteiger charge is -2.35. The molecule has 0 radical (unpaired) electrons. The van der Waals surface area contributed by atoms with Crippen molar-refractivity contribution in [2.24, 2.45) is 5.92 Å². The van der Waals surface area contributed by atoms with E-state index in [-0.39, 0.29) is 0 Å². The molecule has 15 heavy (non-hydrogen) atoms. The smallest absolute Gasteiger partial charge is 0.0181 e. The molecule has 1 N–H and O–H groups in total. The Morgan fingerprint density at radius 2 is 1.87 bits per heavy atom. The highest BCUT2D eigenvalue weighted by Crippen LogP contribution is 2.36. The minimum Gasteiger partial charge on any atom is -0.311 e. The van der Waals surface area contributed by atoms with E-state index in [1.807, 2.05) is 0 Å². The molecule has 2 aliphatic rings. The standard InChI is InChI=1S/C14H27N/c1-2-14(10-6-3-7-11-15-14)12-13-8-4-5-9-13/h13,15H,2-12H2,1H3. The van der Waals surface area contributed by atoms with Gasteiger partial charge in [0.05, 0.1) is 0 Å². The molecule has 0 amide bonds. The highest BCUT2D eigenvalue weighted by molar-refractivity contribution is 4.91. The van der Waals surface area contributed by atoms with Crippen molar-refractivity contribution in [1.29, 1.82) is 0 Å². The Morgan fingerprint density at radius 3 is 2.60 bits per heavy atom. The van der Waals surface area contributed by atoms with E-state index in [1.54, 1.807) is 0 Å². The molecule has 1 nitrogen and oxygen atoms in total. The fourth-order valence-corrected chi connectivity index (χ4v) is 3.59. The zero-order valence-corrected chi connectivity index (χ0v) is 10.4. The molecule has 1 heterocycles. The van der Waals surface area contributed by atoms with Crippen molar-refractivity contribution in [3.05, 3.63) is 0 Å². The molecule has 1 saturated carbocycles. The van der Waals surface area contributed by atoms with E-state index in [1.165, 1.54) is 70.8 Å². The second-order valence-corrected chi connectivity index (χ2v) is 5.73. The lowest BCUT2D eigenvalue weighted by Crippen LogP contribution is -2.45. The Kier molecular flexibility index (Phi) is 4.07. The molecular formula is C14H27N. The van der Waals surface area contributed by atoms with Gasteiger partial charge < -0.3 is 5.32 Å². The average Bonchev–Trinajstić information content (AvgIpc) is 2.64. The molecule has 88 valence electrons. The van der Waals surface area contributed by atoms with Crippen LogP contribution in [0.3, 0.4) is 0 Å². The predicted octanol–water partition coefficient (Wildman–Crippen LogP) is 3.88. The van der Waals surface area contributed by atoms with Crippen LogP contribution in [0.4, 0.5) is 0 Å². The van der Waals surface area contributed by atoms with Crippen LogP contribution in [0.5, 0.6) is 0 Å². The third-order valence-corrected chi connectivity index (χ3v) is 4.66. The molecule has 0 aromatic rings. The SMILES string of the molecule is CCC1(CC2CCCC2)CCCCCN1. The monoisotopic (exact) mass is 209 g/mol. The summed E-state index contributed by atoms with van der Waals surface area (Å²) in [6, 6.07) is 0. The van der Waals surface area contributed by atoms with Crippen molar-refractivity contribution < 1.29 is 0 Å². The number of rotatable bonds is 3. The van der Waals surface area contributed by atoms with E-state index in [0.717, 1.165) is 5.92 Å². The van der Waals surface area contributed by atoms with Crippen molar-refractivity contribution in [1.82, 2.24) is 5.32 Å². The van der Waals surface area contributed by atoms with Gasteiger partial charge in [0, 0.05) is 5.54 Å². The van der Waals surface area contributed by atoms with Crippen LogP contribution in [0.2, 0.25) is 0 Å². The Morgan fingerprint density at radius 1 is 1.07 bits per heavy atom. The quantitative estimate of drug-likeness (QED) is 0.744. The largest absolute Gasteiger partial charge is 0.311 e. The van der Waals surface area contributed by atoms with Crippen LogP contribution >= 0.6 is 0 Å². The van der Waals surface area contributed by atoms with Crippen LogP contribution in [0.25, 0.3) is 0 Å². The Hall–Kier alpha value is -0.0400. The predicted molar refractivity (Wildman–Crippen MR) is 66.1 cm³/mol. The Balaban J connectivity index is 1.92. The maximum absolute atomic E-state index is 3.87. The number of hydrogen-bond donors (Lipinski definition) is 1. The molecule has 2 fully saturated rings. The van der Waals surface area contributed by atoms with Crippen molar-refractivity contribution in [2.45, 2.75) is 76.7 Å². The van der Waals surface area contributed by atoms with E-state index in [0.29, 0.717) is 5.54 Å². The number of hydrogen-bond acceptors (Lipinski definition) is 1. The summed E-state index contributed by atoms with van der Waals surface area (Å²) in [7, 11) is 0. The first kappa shape index (κ1) is 11.4. The van der Waals surface area contributed by atoms with Gasteiger partial charge in [-0.15, -0.1) is 0 Å². The zero-order valence-electron chi connectivity index (χ0n) is 10.4. The first-order valence-electron chi connectivity index (χ1n) is 7.10. The van der Waals surface area contributed by atoms with Crippen molar-refractivity contribution in [2.75, 3.05) is 6.54 Å². The molecule has 0 aromatic carbocycles. The summed E-state index contributed by atoms with van der Waals surface area (Å²) in [5.41, 5.74) is 0.519. The van der Waals surface area contributed by atoms with Gasteiger partial charge in [-0.3, -0.25) is 0 Å². The van der Waals surface area contributed by atoms with E-state index in [4.69, 9.17) is 0 Å². The molecule has 0 bridgehead atoms. The summed E-state index contributed by atoms with van der Waals surface area (Å²) in [6.45, 7) is 3.65. The third kappa shape index (κ3) is 2.96. The fourth-order valence-electron chi connectivity index (χ4n) is 3.59. The summed E-state index contributed by atoms with van der Waals surface area (Å²) < 4.78 is 0. The lowest BCUT2D eigenvalue weighted by molar-refractivity contribution is 0.237. The molecule has 0 spiro atoms. The van der Waals surface area contributed by atoms with E-state index in [9.17, 15) is 0 Å². The molecule has 1 aliphatic carbocycles. The van der Waals surface area contributed by atoms with Crippen molar-refractivity contribution in [3.8, 4) is 0 Å². The minimum atomic E-state index is 0.519. The molecule has 1 atom stereocenters. The third-order valence-electron chi connectivity index (χ3n) is 4.66. The zero-order chi connectivity index (χ0) is 10.6. The molecule has 1 unspecified atom stereocenters. The molecular weight excluding hydrogens is 182 g/mol. The van der Waals surface area contributed by atoms with Gasteiger partial charge in [-0.25, -0.2) is 0 Å². The van der Waals surface area contributed by atoms with Crippen molar-refractivity contribution >= 4 is 0 Å². The summed E-state index contributed by atoms with van der Waals surface area (Å²) in [6.07, 6.45) is 14.5. The first-order valence-corrected chi connectivity index (χ1v) is 7.10. The molecule has 1 aliphatic heterocycles. The Labute approximate surface area is 95.0 Å². The van der Waals surface area contributed by atoms with E-state index in [2.05, 4.69) is 12.2 Å². The van der Waals surface area contributed by atoms with Gasteiger partial charge in [0.25, 0.3) is 0 Å². The van der Waals surface area contributed by atoms with Crippen LogP contribution < -0.4 is 5.32 Å². The highest BCUT2D eigenvalue weighted by atomic mass is 15.0. The molecule has 1 saturated heterocycles. The maximum atomic E-state index is 3.87. The van der Waals surface area contributed by atoms with Gasteiger partial charge >= 0.3 is 0 Å².